The number of nitrogens with zero attached hydrogens (tertiary/aromatic N) is 4. The monoisotopic (exact) mass is 332 g/mol. The van der Waals surface area contributed by atoms with Crippen LogP contribution < -0.4 is 0 Å². The highest BCUT2D eigenvalue weighted by Gasteiger charge is 2.33. The van der Waals surface area contributed by atoms with E-state index in [0.717, 1.165) is 50.7 Å². The Bertz CT molecular complexity index is 569. The summed E-state index contributed by atoms with van der Waals surface area (Å²) in [4.78, 5) is 21.7. The molecule has 24 heavy (non-hydrogen) atoms. The second kappa shape index (κ2) is 6.82. The van der Waals surface area contributed by atoms with Gasteiger partial charge >= 0.3 is 0 Å². The van der Waals surface area contributed by atoms with Crippen LogP contribution in [0.2, 0.25) is 0 Å². The summed E-state index contributed by atoms with van der Waals surface area (Å²) in [5.74, 6) is 2.79. The van der Waals surface area contributed by atoms with Crippen LogP contribution in [-0.2, 0) is 4.79 Å². The van der Waals surface area contributed by atoms with Crippen molar-refractivity contribution in [1.82, 2.24) is 19.9 Å². The molecule has 1 amide bonds. The van der Waals surface area contributed by atoms with E-state index in [1.807, 2.05) is 0 Å². The molecule has 0 N–H and O–H groups in total. The maximum atomic E-state index is 12.7. The number of carbonyl (C=O) groups excluding carboxylic acids is 1. The lowest BCUT2D eigenvalue weighted by atomic mass is 9.88. The highest BCUT2D eigenvalue weighted by Crippen LogP contribution is 2.38. The predicted octanol–water partition coefficient (Wildman–Crippen LogP) is 2.73. The Balaban J connectivity index is 1.30. The van der Waals surface area contributed by atoms with Crippen LogP contribution in [0.25, 0.3) is 0 Å². The Morgan fingerprint density at radius 2 is 1.79 bits per heavy atom. The molecule has 1 aromatic heterocycles. The summed E-state index contributed by atoms with van der Waals surface area (Å²) in [5, 5.41) is 4.12. The van der Waals surface area contributed by atoms with Crippen molar-refractivity contribution in [2.45, 2.75) is 63.8 Å². The van der Waals surface area contributed by atoms with Gasteiger partial charge in [0, 0.05) is 38.0 Å². The first-order valence-corrected chi connectivity index (χ1v) is 9.58. The van der Waals surface area contributed by atoms with Crippen LogP contribution in [0.3, 0.4) is 0 Å². The largest absolute Gasteiger partial charge is 0.340 e. The lowest BCUT2D eigenvalue weighted by molar-refractivity contribution is -0.138. The molecule has 3 aliphatic rings. The molecular formula is C18H28N4O2. The van der Waals surface area contributed by atoms with Gasteiger partial charge in [-0.15, -0.1) is 0 Å². The van der Waals surface area contributed by atoms with E-state index < -0.39 is 0 Å². The fourth-order valence-electron chi connectivity index (χ4n) is 4.02. The highest BCUT2D eigenvalue weighted by atomic mass is 16.5. The summed E-state index contributed by atoms with van der Waals surface area (Å²) in [7, 11) is 0. The zero-order valence-corrected chi connectivity index (χ0v) is 14.6. The van der Waals surface area contributed by atoms with E-state index >= 15 is 0 Å². The smallest absolute Gasteiger partial charge is 0.243 e. The maximum Gasteiger partial charge on any atom is 0.243 e. The lowest BCUT2D eigenvalue weighted by Gasteiger charge is -2.38. The molecule has 6 heteroatoms. The fourth-order valence-corrected chi connectivity index (χ4v) is 4.02. The zero-order valence-electron chi connectivity index (χ0n) is 14.6. The molecule has 6 nitrogen and oxygen atoms in total. The van der Waals surface area contributed by atoms with Crippen LogP contribution in [0.5, 0.6) is 0 Å². The van der Waals surface area contributed by atoms with Crippen LogP contribution in [-0.4, -0.2) is 52.0 Å². The second-order valence-electron chi connectivity index (χ2n) is 7.64. The average Bonchev–Trinajstić information content (AvgIpc) is 3.38. The summed E-state index contributed by atoms with van der Waals surface area (Å²) in [5.41, 5.74) is 0. The van der Waals surface area contributed by atoms with E-state index in [4.69, 9.17) is 4.52 Å². The number of rotatable bonds is 4. The molecule has 3 fully saturated rings. The molecule has 2 heterocycles. The minimum atomic E-state index is 0.136. The third-order valence-corrected chi connectivity index (χ3v) is 5.89. The van der Waals surface area contributed by atoms with Crippen molar-refractivity contribution in [2.24, 2.45) is 5.92 Å². The molecule has 1 saturated heterocycles. The van der Waals surface area contributed by atoms with Crippen LogP contribution in [0, 0.1) is 5.92 Å². The van der Waals surface area contributed by atoms with Crippen molar-refractivity contribution >= 4 is 5.91 Å². The van der Waals surface area contributed by atoms with Crippen LogP contribution >= 0.6 is 0 Å². The number of hydrogen-bond acceptors (Lipinski definition) is 5. The average molecular weight is 332 g/mol. The lowest BCUT2D eigenvalue weighted by Crippen LogP contribution is -2.51. The molecule has 0 radical (unpaired) electrons. The molecular weight excluding hydrogens is 304 g/mol. The summed E-state index contributed by atoms with van der Waals surface area (Å²) in [6.45, 7) is 5.55. The van der Waals surface area contributed by atoms with Crippen LogP contribution in [0.1, 0.15) is 75.5 Å². The van der Waals surface area contributed by atoms with E-state index in [1.165, 1.54) is 32.1 Å². The van der Waals surface area contributed by atoms with Gasteiger partial charge in [-0.1, -0.05) is 24.4 Å². The van der Waals surface area contributed by atoms with Crippen molar-refractivity contribution in [1.29, 1.82) is 0 Å². The van der Waals surface area contributed by atoms with Gasteiger partial charge in [0.05, 0.1) is 6.04 Å². The van der Waals surface area contributed by atoms with E-state index in [-0.39, 0.29) is 12.0 Å². The molecule has 2 aliphatic carbocycles. The van der Waals surface area contributed by atoms with Gasteiger partial charge in [0.15, 0.2) is 5.82 Å². The molecule has 1 atom stereocenters. The number of piperazine rings is 1. The summed E-state index contributed by atoms with van der Waals surface area (Å²) in [6, 6.07) is 0.136. The van der Waals surface area contributed by atoms with E-state index in [2.05, 4.69) is 26.9 Å². The quantitative estimate of drug-likeness (QED) is 0.848. The third kappa shape index (κ3) is 3.34. The first kappa shape index (κ1) is 16.1. The maximum absolute atomic E-state index is 12.7. The van der Waals surface area contributed by atoms with Gasteiger partial charge < -0.3 is 9.42 Å². The first-order chi connectivity index (χ1) is 11.7. The minimum absolute atomic E-state index is 0.136. The molecule has 0 aromatic carbocycles. The van der Waals surface area contributed by atoms with Gasteiger partial charge in [-0.3, -0.25) is 9.69 Å². The summed E-state index contributed by atoms with van der Waals surface area (Å²) >= 11 is 0. The third-order valence-electron chi connectivity index (χ3n) is 5.89. The van der Waals surface area contributed by atoms with E-state index in [1.54, 1.807) is 0 Å². The van der Waals surface area contributed by atoms with Gasteiger partial charge in [0.2, 0.25) is 11.8 Å². The summed E-state index contributed by atoms with van der Waals surface area (Å²) in [6.07, 6.45) is 8.28. The van der Waals surface area contributed by atoms with Gasteiger partial charge in [-0.2, -0.15) is 4.98 Å². The molecule has 0 spiro atoms. The topological polar surface area (TPSA) is 62.5 Å². The van der Waals surface area contributed by atoms with E-state index in [9.17, 15) is 4.79 Å². The van der Waals surface area contributed by atoms with Crippen molar-refractivity contribution in [3.63, 3.8) is 0 Å². The zero-order chi connectivity index (χ0) is 16.5. The Labute approximate surface area is 143 Å². The normalized spacial score (nSPS) is 25.0. The van der Waals surface area contributed by atoms with Crippen LogP contribution in [0.15, 0.2) is 4.52 Å². The summed E-state index contributed by atoms with van der Waals surface area (Å²) < 4.78 is 5.47. The number of amides is 1. The Morgan fingerprint density at radius 1 is 1.08 bits per heavy atom. The molecule has 1 aromatic rings. The van der Waals surface area contributed by atoms with Crippen molar-refractivity contribution in [2.75, 3.05) is 26.2 Å². The number of hydrogen-bond donors (Lipinski definition) is 0. The first-order valence-electron chi connectivity index (χ1n) is 9.58. The minimum Gasteiger partial charge on any atom is -0.340 e. The molecule has 132 valence electrons. The number of aromatic nitrogens is 2. The molecule has 1 aliphatic heterocycles. The highest BCUT2D eigenvalue weighted by molar-refractivity contribution is 5.79. The fraction of sp³-hybridized carbons (Fsp3) is 0.833. The Hall–Kier alpha value is -1.43. The van der Waals surface area contributed by atoms with Gasteiger partial charge in [-0.05, 0) is 32.6 Å². The van der Waals surface area contributed by atoms with Crippen molar-refractivity contribution in [3.8, 4) is 0 Å². The van der Waals surface area contributed by atoms with Gasteiger partial charge in [0.25, 0.3) is 0 Å². The molecule has 1 unspecified atom stereocenters. The van der Waals surface area contributed by atoms with Crippen molar-refractivity contribution in [3.05, 3.63) is 11.7 Å². The SMILES string of the molecule is CC(c1nc(C2CC2)no1)N1CCN(C(=O)C2CCCCC2)CC1. The van der Waals surface area contributed by atoms with E-state index in [0.29, 0.717) is 11.8 Å². The van der Waals surface area contributed by atoms with Gasteiger partial charge in [-0.25, -0.2) is 0 Å². The van der Waals surface area contributed by atoms with Gasteiger partial charge in [0.1, 0.15) is 0 Å². The Morgan fingerprint density at radius 3 is 2.46 bits per heavy atom. The molecule has 2 saturated carbocycles. The second-order valence-corrected chi connectivity index (χ2v) is 7.64. The van der Waals surface area contributed by atoms with Crippen molar-refractivity contribution < 1.29 is 9.32 Å². The standard InChI is InChI=1S/C18H28N4O2/c1-13(17-19-16(20-24-17)14-7-8-14)21-9-11-22(12-10-21)18(23)15-5-3-2-4-6-15/h13-15H,2-12H2,1H3. The molecule has 0 bridgehead atoms. The van der Waals surface area contributed by atoms with Crippen LogP contribution in [0.4, 0.5) is 0 Å². The predicted molar refractivity (Wildman–Crippen MR) is 89.4 cm³/mol. The molecule has 4 rings (SSSR count). The Kier molecular flexibility index (Phi) is 4.57. The number of carbonyl (C=O) groups is 1.